The van der Waals surface area contributed by atoms with Crippen molar-refractivity contribution < 1.29 is 0 Å². The van der Waals surface area contributed by atoms with Crippen LogP contribution in [0.5, 0.6) is 0 Å². The van der Waals surface area contributed by atoms with Crippen molar-refractivity contribution in [2.75, 3.05) is 0 Å². The molecular formula is C97H116. The van der Waals surface area contributed by atoms with E-state index in [1.54, 1.807) is 22.3 Å². The van der Waals surface area contributed by atoms with Crippen LogP contribution in [-0.4, -0.2) is 0 Å². The van der Waals surface area contributed by atoms with Gasteiger partial charge in [-0.1, -0.05) is 332 Å². The molecule has 97 heavy (non-hydrogen) atoms. The van der Waals surface area contributed by atoms with Gasteiger partial charge in [-0.3, -0.25) is 0 Å². The first-order valence-corrected chi connectivity index (χ1v) is 38.2. The summed E-state index contributed by atoms with van der Waals surface area (Å²) in [5.41, 5.74) is 19.5. The maximum absolute atomic E-state index is 2.45. The van der Waals surface area contributed by atoms with E-state index in [-0.39, 0.29) is 10.8 Å². The summed E-state index contributed by atoms with van der Waals surface area (Å²) in [6, 6.07) is 74.5. The fraction of sp³-hybridized carbons (Fsp3) is 0.423. The summed E-state index contributed by atoms with van der Waals surface area (Å²) in [5, 5.41) is 14.2. The van der Waals surface area contributed by atoms with Gasteiger partial charge in [0.15, 0.2) is 0 Å². The first-order valence-electron chi connectivity index (χ1n) is 38.2. The van der Waals surface area contributed by atoms with E-state index in [0.717, 1.165) is 47.3 Å². The lowest BCUT2D eigenvalue weighted by molar-refractivity contribution is 0.420. The predicted molar refractivity (Wildman–Crippen MR) is 425 cm³/mol. The minimum atomic E-state index is 0.214. The zero-order chi connectivity index (χ0) is 68.0. The smallest absolute Gasteiger partial charge is 0.0125 e. The highest BCUT2D eigenvalue weighted by Crippen LogP contribution is 2.55. The van der Waals surface area contributed by atoms with Gasteiger partial charge in [-0.25, -0.2) is 0 Å². The molecule has 11 aromatic rings. The Morgan fingerprint density at radius 3 is 1.20 bits per heavy atom. The second kappa shape index (κ2) is 30.9. The minimum Gasteiger partial charge on any atom is -0.0616 e. The van der Waals surface area contributed by atoms with E-state index in [1.807, 2.05) is 0 Å². The summed E-state index contributed by atoms with van der Waals surface area (Å²) in [6.45, 7) is 29.0. The van der Waals surface area contributed by atoms with E-state index < -0.39 is 0 Å². The van der Waals surface area contributed by atoms with Crippen molar-refractivity contribution in [1.29, 1.82) is 0 Å². The van der Waals surface area contributed by atoms with Crippen LogP contribution in [0, 0.1) is 72.1 Å². The lowest BCUT2D eigenvalue weighted by Gasteiger charge is -2.24. The van der Waals surface area contributed by atoms with Gasteiger partial charge in [0.05, 0.1) is 0 Å². The number of hydrogen-bond acceptors (Lipinski definition) is 0. The fourth-order valence-corrected chi connectivity index (χ4v) is 18.9. The van der Waals surface area contributed by atoms with Crippen molar-refractivity contribution in [3.8, 4) is 0 Å². The van der Waals surface area contributed by atoms with Crippen molar-refractivity contribution in [2.24, 2.45) is 23.7 Å². The lowest BCUT2D eigenvalue weighted by Crippen LogP contribution is -2.11. The van der Waals surface area contributed by atoms with Crippen molar-refractivity contribution in [1.82, 2.24) is 0 Å². The SMILES string of the molecule is Cc1cc(C(C)(C)C)c2ccccc2c1.Cc1cc(C)cc(C2CC3CCC2C3)c1.Cc1cc(C2CC3CCC2C3)c2ccccc2c1.Cc1cc(C2CCCCC2)c2ccccc2c1.Cc1ccc2cccc(C(C)(C)C)c2c1.Cc1ccc2cccc(C3CCCCC3)c2c1. The fourth-order valence-electron chi connectivity index (χ4n) is 18.9. The topological polar surface area (TPSA) is 0 Å². The zero-order valence-electron chi connectivity index (χ0n) is 61.9. The van der Waals surface area contributed by atoms with E-state index in [4.69, 9.17) is 0 Å². The van der Waals surface area contributed by atoms with Crippen LogP contribution >= 0.6 is 0 Å². The molecule has 6 unspecified atom stereocenters. The van der Waals surface area contributed by atoms with Crippen LogP contribution in [0.4, 0.5) is 0 Å². The highest BCUT2D eigenvalue weighted by molar-refractivity contribution is 5.90. The third-order valence-corrected chi connectivity index (χ3v) is 23.4. The Morgan fingerprint density at radius 2 is 0.680 bits per heavy atom. The van der Waals surface area contributed by atoms with Crippen molar-refractivity contribution >= 4 is 53.9 Å². The molecule has 0 aromatic heterocycles. The van der Waals surface area contributed by atoms with Gasteiger partial charge < -0.3 is 0 Å². The molecule has 0 N–H and O–H groups in total. The van der Waals surface area contributed by atoms with Gasteiger partial charge in [-0.2, -0.15) is 0 Å². The van der Waals surface area contributed by atoms with Gasteiger partial charge in [-0.05, 0) is 258 Å². The van der Waals surface area contributed by atoms with Gasteiger partial charge >= 0.3 is 0 Å². The molecule has 0 spiro atoms. The van der Waals surface area contributed by atoms with Gasteiger partial charge in [-0.15, -0.1) is 0 Å². The van der Waals surface area contributed by atoms with Crippen LogP contribution in [0.3, 0.4) is 0 Å². The molecule has 6 aliphatic carbocycles. The summed E-state index contributed by atoms with van der Waals surface area (Å²) in [6.07, 6.45) is 25.9. The number of rotatable bonds is 4. The van der Waals surface area contributed by atoms with Crippen LogP contribution in [0.25, 0.3) is 53.9 Å². The van der Waals surface area contributed by atoms with Gasteiger partial charge in [0.2, 0.25) is 0 Å². The standard InChI is InChI=1S/C18H20.2C17H20.C15H20.2C15H18/c1-12-8-14-4-2-3-5-16(14)18(9-12)17-11-13-6-7-15(17)10-13;1-13-11-15-9-5-6-10-16(15)17(12-13)14-7-3-2-4-8-14;1-13-10-11-15-8-5-9-16(17(15)12-13)14-6-3-2-4-7-14;1-10-5-11(2)7-14(6-10)15-9-12-3-4-13(15)8-12;1-11-8-9-12-6-5-7-14(13(12)10-11)15(2,3)4;1-11-9-12-7-5-6-8-13(12)14(10-11)15(2,3)4/h2-5,8-9,13,15,17H,6-7,10-11H2,1H3;5-6,9-12,14H,2-4,7-8H2,1H3;5,8-12,14H,2-4,6-7H2,1H3;5-7,12-13,15H,3-4,8-9H2,1-2H3;2*5-10H,1-4H3. The average molecular weight is 1280 g/mol. The molecule has 0 aliphatic heterocycles. The number of benzene rings is 11. The summed E-state index contributed by atoms with van der Waals surface area (Å²) in [4.78, 5) is 0. The first-order chi connectivity index (χ1) is 46.7. The van der Waals surface area contributed by atoms with E-state index in [9.17, 15) is 0 Å². The first kappa shape index (κ1) is 69.6. The maximum Gasteiger partial charge on any atom is -0.0125 e. The molecule has 6 aliphatic rings. The van der Waals surface area contributed by atoms with E-state index in [1.165, 1.54) is 220 Å². The summed E-state index contributed by atoms with van der Waals surface area (Å²) in [5.74, 6) is 7.40. The second-order valence-electron chi connectivity index (χ2n) is 33.4. The third kappa shape index (κ3) is 17.1. The Kier molecular flexibility index (Phi) is 22.2. The van der Waals surface area contributed by atoms with Crippen molar-refractivity contribution in [3.05, 3.63) is 273 Å². The molecule has 4 bridgehead atoms. The Morgan fingerprint density at radius 1 is 0.258 bits per heavy atom. The molecule has 0 heteroatoms. The number of hydrogen-bond donors (Lipinski definition) is 0. The molecule has 504 valence electrons. The van der Waals surface area contributed by atoms with Gasteiger partial charge in [0.25, 0.3) is 0 Å². The van der Waals surface area contributed by atoms with E-state index in [2.05, 4.69) is 290 Å². The highest BCUT2D eigenvalue weighted by Gasteiger charge is 2.41. The van der Waals surface area contributed by atoms with E-state index >= 15 is 0 Å². The molecule has 0 heterocycles. The molecule has 0 nitrogen and oxygen atoms in total. The van der Waals surface area contributed by atoms with Gasteiger partial charge in [0, 0.05) is 0 Å². The van der Waals surface area contributed by atoms with Crippen molar-refractivity contribution in [3.63, 3.8) is 0 Å². The molecule has 6 saturated carbocycles. The lowest BCUT2D eigenvalue weighted by atomic mass is 9.81. The Bertz CT molecular complexity index is 4440. The quantitative estimate of drug-likeness (QED) is 0.165. The zero-order valence-corrected chi connectivity index (χ0v) is 61.9. The van der Waals surface area contributed by atoms with Gasteiger partial charge in [0.1, 0.15) is 0 Å². The highest BCUT2D eigenvalue weighted by atomic mass is 14.5. The Balaban J connectivity index is 0.000000111. The van der Waals surface area contributed by atoms with Crippen molar-refractivity contribution in [2.45, 2.75) is 240 Å². The normalized spacial score (nSPS) is 20.6. The minimum absolute atomic E-state index is 0.214. The largest absolute Gasteiger partial charge is 0.0616 e. The number of fused-ring (bicyclic) bond motifs is 9. The second-order valence-corrected chi connectivity index (χ2v) is 33.4. The van der Waals surface area contributed by atoms with Crippen LogP contribution in [0.1, 0.15) is 253 Å². The van der Waals surface area contributed by atoms with E-state index in [0.29, 0.717) is 0 Å². The van der Waals surface area contributed by atoms with Crippen LogP contribution < -0.4 is 0 Å². The van der Waals surface area contributed by atoms with Crippen LogP contribution in [0.2, 0.25) is 0 Å². The molecule has 6 atom stereocenters. The molecule has 0 saturated heterocycles. The average Bonchev–Trinajstić information content (AvgIpc) is 1.73. The molecule has 17 rings (SSSR count). The predicted octanol–water partition coefficient (Wildman–Crippen LogP) is 28.5. The summed E-state index contributed by atoms with van der Waals surface area (Å²) >= 11 is 0. The third-order valence-electron chi connectivity index (χ3n) is 23.4. The Hall–Kier alpha value is -7.28. The Labute approximate surface area is 586 Å². The molecule has 0 amide bonds. The monoisotopic (exact) mass is 1280 g/mol. The molecule has 6 fully saturated rings. The van der Waals surface area contributed by atoms with Crippen LogP contribution in [-0.2, 0) is 10.8 Å². The summed E-state index contributed by atoms with van der Waals surface area (Å²) < 4.78 is 0. The van der Waals surface area contributed by atoms with Crippen LogP contribution in [0.15, 0.2) is 200 Å². The molecule has 0 radical (unpaired) electrons. The number of aryl methyl sites for hydroxylation is 7. The molecular weight excluding hydrogens is 1170 g/mol. The molecule has 11 aromatic carbocycles. The maximum atomic E-state index is 2.45. The summed E-state index contributed by atoms with van der Waals surface area (Å²) in [7, 11) is 0.